The smallest absolute Gasteiger partial charge is 0.0639 e. The fourth-order valence-electron chi connectivity index (χ4n) is 1.64. The fraction of sp³-hybridized carbons (Fsp3) is 0.571. The van der Waals surface area contributed by atoms with E-state index in [4.69, 9.17) is 4.74 Å². The van der Waals surface area contributed by atoms with Crippen LogP contribution >= 0.6 is 15.9 Å². The van der Waals surface area contributed by atoms with E-state index >= 15 is 0 Å². The second-order valence-corrected chi connectivity index (χ2v) is 6.11. The second-order valence-electron chi connectivity index (χ2n) is 5.20. The summed E-state index contributed by atoms with van der Waals surface area (Å²) in [5, 5.41) is 3.47. The highest BCUT2D eigenvalue weighted by Gasteiger charge is 2.15. The quantitative estimate of drug-likeness (QED) is 0.865. The lowest BCUT2D eigenvalue weighted by atomic mass is 10.1. The van der Waals surface area contributed by atoms with Crippen LogP contribution in [0.25, 0.3) is 0 Å². The highest BCUT2D eigenvalue weighted by molar-refractivity contribution is 9.10. The highest BCUT2D eigenvalue weighted by atomic mass is 79.9. The Hall–Kier alpha value is -0.740. The van der Waals surface area contributed by atoms with Gasteiger partial charge in [0.05, 0.1) is 17.0 Å². The Morgan fingerprint density at radius 2 is 2.00 bits per heavy atom. The fourth-order valence-corrected chi connectivity index (χ4v) is 2.00. The summed E-state index contributed by atoms with van der Waals surface area (Å²) in [6.45, 7) is 5.09. The van der Waals surface area contributed by atoms with Gasteiger partial charge in [0.25, 0.3) is 0 Å². The molecule has 1 aromatic rings. The molecule has 0 aliphatic rings. The maximum absolute atomic E-state index is 5.42. The summed E-state index contributed by atoms with van der Waals surface area (Å²) < 4.78 is 6.50. The first-order valence-electron chi connectivity index (χ1n) is 6.11. The zero-order valence-electron chi connectivity index (χ0n) is 11.9. The van der Waals surface area contributed by atoms with Crippen LogP contribution in [0, 0.1) is 0 Å². The van der Waals surface area contributed by atoms with Gasteiger partial charge in [-0.1, -0.05) is 15.9 Å². The van der Waals surface area contributed by atoms with Gasteiger partial charge in [0.2, 0.25) is 0 Å². The molecule has 18 heavy (non-hydrogen) atoms. The van der Waals surface area contributed by atoms with Crippen molar-refractivity contribution in [2.45, 2.75) is 25.9 Å². The number of rotatable bonds is 6. The van der Waals surface area contributed by atoms with Crippen molar-refractivity contribution in [3.05, 3.63) is 22.7 Å². The third kappa shape index (κ3) is 4.50. The molecule has 0 radical (unpaired) electrons. The zero-order valence-corrected chi connectivity index (χ0v) is 13.5. The Kier molecular flexibility index (Phi) is 5.47. The van der Waals surface area contributed by atoms with Gasteiger partial charge in [0.1, 0.15) is 0 Å². The van der Waals surface area contributed by atoms with Crippen LogP contribution in [0.5, 0.6) is 0 Å². The average Bonchev–Trinajstić information content (AvgIpc) is 2.28. The van der Waals surface area contributed by atoms with E-state index in [2.05, 4.69) is 58.2 Å². The monoisotopic (exact) mass is 314 g/mol. The number of hydrogen-bond acceptors (Lipinski definition) is 3. The summed E-state index contributed by atoms with van der Waals surface area (Å²) in [6.07, 6.45) is 0.961. The van der Waals surface area contributed by atoms with E-state index in [1.165, 1.54) is 5.69 Å². The van der Waals surface area contributed by atoms with Gasteiger partial charge >= 0.3 is 0 Å². The summed E-state index contributed by atoms with van der Waals surface area (Å²) >= 11 is 3.51. The molecule has 0 saturated heterocycles. The molecular formula is C14H23BrN2O. The number of halogens is 1. The lowest BCUT2D eigenvalue weighted by molar-refractivity contribution is 0.0185. The molecule has 102 valence electrons. The summed E-state index contributed by atoms with van der Waals surface area (Å²) in [5.74, 6) is 0. The number of benzene rings is 1. The molecule has 0 fully saturated rings. The normalized spacial score (nSPS) is 11.4. The lowest BCUT2D eigenvalue weighted by Crippen LogP contribution is -2.26. The van der Waals surface area contributed by atoms with Crippen molar-refractivity contribution in [1.82, 2.24) is 0 Å². The predicted molar refractivity (Wildman–Crippen MR) is 82.7 cm³/mol. The number of hydrogen-bond donors (Lipinski definition) is 1. The highest BCUT2D eigenvalue weighted by Crippen LogP contribution is 2.28. The van der Waals surface area contributed by atoms with Crippen molar-refractivity contribution in [1.29, 1.82) is 0 Å². The maximum atomic E-state index is 5.42. The van der Waals surface area contributed by atoms with E-state index in [0.29, 0.717) is 0 Å². The third-order valence-electron chi connectivity index (χ3n) is 3.04. The number of ether oxygens (including phenoxy) is 1. The van der Waals surface area contributed by atoms with Gasteiger partial charge in [0.15, 0.2) is 0 Å². The maximum Gasteiger partial charge on any atom is 0.0639 e. The average molecular weight is 315 g/mol. The first kappa shape index (κ1) is 15.3. The van der Waals surface area contributed by atoms with Gasteiger partial charge < -0.3 is 15.0 Å². The van der Waals surface area contributed by atoms with Crippen molar-refractivity contribution in [3.8, 4) is 0 Å². The Morgan fingerprint density at radius 3 is 2.56 bits per heavy atom. The minimum absolute atomic E-state index is 0.0860. The third-order valence-corrected chi connectivity index (χ3v) is 3.53. The SMILES string of the molecule is COC(C)(C)CCNc1cc(Br)ccc1N(C)C. The van der Waals surface area contributed by atoms with Gasteiger partial charge in [-0.05, 0) is 38.5 Å². The van der Waals surface area contributed by atoms with Crippen molar-refractivity contribution in [2.75, 3.05) is 38.0 Å². The molecule has 0 aliphatic carbocycles. The Morgan fingerprint density at radius 1 is 1.33 bits per heavy atom. The minimum Gasteiger partial charge on any atom is -0.383 e. The molecule has 0 amide bonds. The van der Waals surface area contributed by atoms with Crippen LogP contribution < -0.4 is 10.2 Å². The first-order valence-corrected chi connectivity index (χ1v) is 6.91. The van der Waals surface area contributed by atoms with Crippen LogP contribution in [0.2, 0.25) is 0 Å². The Balaban J connectivity index is 2.69. The van der Waals surface area contributed by atoms with Crippen LogP contribution in [0.3, 0.4) is 0 Å². The van der Waals surface area contributed by atoms with E-state index in [9.17, 15) is 0 Å². The van der Waals surface area contributed by atoms with E-state index in [-0.39, 0.29) is 5.60 Å². The molecule has 4 heteroatoms. The molecule has 0 heterocycles. The van der Waals surface area contributed by atoms with Crippen LogP contribution in [0.15, 0.2) is 22.7 Å². The molecule has 1 rings (SSSR count). The molecule has 0 spiro atoms. The van der Waals surface area contributed by atoms with Gasteiger partial charge in [0, 0.05) is 32.2 Å². The van der Waals surface area contributed by atoms with E-state index in [1.54, 1.807) is 7.11 Å². The minimum atomic E-state index is -0.0860. The van der Waals surface area contributed by atoms with Crippen molar-refractivity contribution in [2.24, 2.45) is 0 Å². The van der Waals surface area contributed by atoms with Crippen LogP contribution in [-0.4, -0.2) is 33.4 Å². The number of anilines is 2. The van der Waals surface area contributed by atoms with Crippen LogP contribution in [0.4, 0.5) is 11.4 Å². The first-order chi connectivity index (χ1) is 8.35. The van der Waals surface area contributed by atoms with E-state index < -0.39 is 0 Å². The predicted octanol–water partition coefficient (Wildman–Crippen LogP) is 3.74. The molecule has 0 aliphatic heterocycles. The van der Waals surface area contributed by atoms with Gasteiger partial charge in [-0.3, -0.25) is 0 Å². The molecule has 3 nitrogen and oxygen atoms in total. The van der Waals surface area contributed by atoms with Gasteiger partial charge in [-0.15, -0.1) is 0 Å². The lowest BCUT2D eigenvalue weighted by Gasteiger charge is -2.24. The summed E-state index contributed by atoms with van der Waals surface area (Å²) in [6, 6.07) is 6.27. The van der Waals surface area contributed by atoms with Crippen molar-refractivity contribution >= 4 is 27.3 Å². The topological polar surface area (TPSA) is 24.5 Å². The van der Waals surface area contributed by atoms with Crippen LogP contribution in [0.1, 0.15) is 20.3 Å². The molecular weight excluding hydrogens is 292 g/mol. The Bertz CT molecular complexity index is 391. The summed E-state index contributed by atoms with van der Waals surface area (Å²) in [5.41, 5.74) is 2.24. The molecule has 0 bridgehead atoms. The van der Waals surface area contributed by atoms with Crippen molar-refractivity contribution in [3.63, 3.8) is 0 Å². The van der Waals surface area contributed by atoms with Crippen LogP contribution in [-0.2, 0) is 4.74 Å². The largest absolute Gasteiger partial charge is 0.383 e. The summed E-state index contributed by atoms with van der Waals surface area (Å²) in [4.78, 5) is 2.11. The Labute approximate surface area is 119 Å². The molecule has 0 atom stereocenters. The number of nitrogens with one attached hydrogen (secondary N) is 1. The zero-order chi connectivity index (χ0) is 13.8. The van der Waals surface area contributed by atoms with E-state index in [0.717, 1.165) is 23.1 Å². The molecule has 1 aromatic carbocycles. The van der Waals surface area contributed by atoms with Gasteiger partial charge in [-0.2, -0.15) is 0 Å². The number of methoxy groups -OCH3 is 1. The van der Waals surface area contributed by atoms with Crippen molar-refractivity contribution < 1.29 is 4.74 Å². The number of nitrogens with zero attached hydrogens (tertiary/aromatic N) is 1. The molecule has 0 saturated carbocycles. The molecule has 0 aromatic heterocycles. The second kappa shape index (κ2) is 6.43. The molecule has 1 N–H and O–H groups in total. The summed E-state index contributed by atoms with van der Waals surface area (Å²) in [7, 11) is 5.85. The molecule has 0 unspecified atom stereocenters. The van der Waals surface area contributed by atoms with E-state index in [1.807, 2.05) is 14.1 Å². The van der Waals surface area contributed by atoms with Gasteiger partial charge in [-0.25, -0.2) is 0 Å². The standard InChI is InChI=1S/C14H23BrN2O/c1-14(2,18-5)8-9-16-12-10-11(15)6-7-13(12)17(3)4/h6-7,10,16H,8-9H2,1-5H3.